The molecule has 0 unspecified atom stereocenters. The van der Waals surface area contributed by atoms with Gasteiger partial charge in [-0.05, 0) is 42.8 Å². The fraction of sp³-hybridized carbons (Fsp3) is 0.211. The number of hydrogen-bond acceptors (Lipinski definition) is 5. The van der Waals surface area contributed by atoms with E-state index in [1.54, 1.807) is 17.1 Å². The van der Waals surface area contributed by atoms with Gasteiger partial charge in [0, 0.05) is 31.3 Å². The molecule has 4 rings (SSSR count). The van der Waals surface area contributed by atoms with Crippen LogP contribution in [0, 0.1) is 0 Å². The number of aliphatic imine (C=N–C) groups is 1. The predicted molar refractivity (Wildman–Crippen MR) is 106 cm³/mol. The fourth-order valence-electron chi connectivity index (χ4n) is 2.77. The molecule has 28 heavy (non-hydrogen) atoms. The molecule has 4 heterocycles. The molecule has 0 bridgehead atoms. The lowest BCUT2D eigenvalue weighted by Crippen LogP contribution is -2.37. The lowest BCUT2D eigenvalue weighted by molar-refractivity contribution is 0.765. The van der Waals surface area contributed by atoms with Gasteiger partial charge >= 0.3 is 0 Å². The van der Waals surface area contributed by atoms with Crippen LogP contribution >= 0.6 is 0 Å². The molecule has 0 aliphatic heterocycles. The molecule has 4 aromatic rings. The van der Waals surface area contributed by atoms with Crippen LogP contribution in [0.2, 0.25) is 0 Å². The normalized spacial score (nSPS) is 11.7. The average Bonchev–Trinajstić information content (AvgIpc) is 3.41. The Morgan fingerprint density at radius 3 is 2.89 bits per heavy atom. The quantitative estimate of drug-likeness (QED) is 0.392. The molecule has 0 aliphatic carbocycles. The number of fused-ring (bicyclic) bond motifs is 1. The van der Waals surface area contributed by atoms with Gasteiger partial charge in [-0.25, -0.2) is 14.7 Å². The van der Waals surface area contributed by atoms with E-state index in [0.717, 1.165) is 29.4 Å². The molecule has 4 aromatic heterocycles. The van der Waals surface area contributed by atoms with Gasteiger partial charge in [0.25, 0.3) is 0 Å². The summed E-state index contributed by atoms with van der Waals surface area (Å²) in [6.07, 6.45) is 7.31. The minimum atomic E-state index is 0.520. The molecule has 0 radical (unpaired) electrons. The van der Waals surface area contributed by atoms with Crippen LogP contribution < -0.4 is 10.6 Å². The molecule has 0 atom stereocenters. The maximum Gasteiger partial charge on any atom is 0.191 e. The Kier molecular flexibility index (Phi) is 5.23. The van der Waals surface area contributed by atoms with E-state index < -0.39 is 0 Å². The van der Waals surface area contributed by atoms with E-state index >= 15 is 0 Å². The van der Waals surface area contributed by atoms with E-state index in [0.29, 0.717) is 19.0 Å². The summed E-state index contributed by atoms with van der Waals surface area (Å²) < 4.78 is 3.68. The number of nitrogens with one attached hydrogen (secondary N) is 2. The Balaban J connectivity index is 1.45. The SMILES string of the molecule is CCNC(=NCc1ccnc(-n2cccn2)c1)NCc1nnc2ccccn12. The zero-order valence-corrected chi connectivity index (χ0v) is 15.5. The molecule has 142 valence electrons. The number of hydrogen-bond donors (Lipinski definition) is 2. The minimum absolute atomic E-state index is 0.520. The molecule has 0 aromatic carbocycles. The first-order chi connectivity index (χ1) is 13.8. The maximum atomic E-state index is 4.67. The van der Waals surface area contributed by atoms with E-state index in [2.05, 4.69) is 35.9 Å². The number of nitrogens with zero attached hydrogens (tertiary/aromatic N) is 7. The van der Waals surface area contributed by atoms with Crippen LogP contribution in [-0.2, 0) is 13.1 Å². The summed E-state index contributed by atoms with van der Waals surface area (Å²) >= 11 is 0. The van der Waals surface area contributed by atoms with E-state index in [4.69, 9.17) is 0 Å². The monoisotopic (exact) mass is 375 g/mol. The zero-order chi connectivity index (χ0) is 19.2. The van der Waals surface area contributed by atoms with Gasteiger partial charge in [-0.3, -0.25) is 4.40 Å². The van der Waals surface area contributed by atoms with Crippen molar-refractivity contribution in [2.75, 3.05) is 6.54 Å². The van der Waals surface area contributed by atoms with Gasteiger partial charge in [-0.15, -0.1) is 10.2 Å². The molecular formula is C19H21N9. The van der Waals surface area contributed by atoms with Crippen LogP contribution in [0.15, 0.2) is 66.2 Å². The lowest BCUT2D eigenvalue weighted by Gasteiger charge is -2.11. The van der Waals surface area contributed by atoms with Crippen LogP contribution in [-0.4, -0.2) is 41.9 Å². The van der Waals surface area contributed by atoms with Crippen molar-refractivity contribution >= 4 is 11.6 Å². The molecule has 9 heteroatoms. The highest BCUT2D eigenvalue weighted by Gasteiger charge is 2.06. The van der Waals surface area contributed by atoms with Crippen LogP contribution in [0.25, 0.3) is 11.5 Å². The van der Waals surface area contributed by atoms with Crippen molar-refractivity contribution in [3.8, 4) is 5.82 Å². The fourth-order valence-corrected chi connectivity index (χ4v) is 2.77. The van der Waals surface area contributed by atoms with Crippen LogP contribution in [0.1, 0.15) is 18.3 Å². The van der Waals surface area contributed by atoms with E-state index in [9.17, 15) is 0 Å². The predicted octanol–water partition coefficient (Wildman–Crippen LogP) is 1.57. The Hall–Kier alpha value is -3.75. The highest BCUT2D eigenvalue weighted by atomic mass is 15.3. The van der Waals surface area contributed by atoms with Crippen LogP contribution in [0.3, 0.4) is 0 Å². The van der Waals surface area contributed by atoms with Gasteiger partial charge in [0.1, 0.15) is 0 Å². The Labute approximate surface area is 162 Å². The van der Waals surface area contributed by atoms with Gasteiger partial charge in [0.2, 0.25) is 0 Å². The van der Waals surface area contributed by atoms with Crippen molar-refractivity contribution in [3.05, 3.63) is 72.6 Å². The van der Waals surface area contributed by atoms with Crippen LogP contribution in [0.5, 0.6) is 0 Å². The smallest absolute Gasteiger partial charge is 0.191 e. The summed E-state index contributed by atoms with van der Waals surface area (Å²) in [4.78, 5) is 9.01. The van der Waals surface area contributed by atoms with Gasteiger partial charge in [-0.1, -0.05) is 6.07 Å². The summed E-state index contributed by atoms with van der Waals surface area (Å²) in [7, 11) is 0. The standard InChI is InChI=1S/C19H21N9/c1-2-20-19(23-14-18-26-25-16-6-3-4-10-27(16)18)22-13-15-7-9-21-17(12-15)28-11-5-8-24-28/h3-12H,2,13-14H2,1H3,(H2,20,22,23). The third-order valence-corrected chi connectivity index (χ3v) is 4.11. The number of guanidine groups is 1. The van der Waals surface area contributed by atoms with E-state index in [-0.39, 0.29) is 0 Å². The first kappa shape index (κ1) is 17.7. The molecule has 0 saturated carbocycles. The lowest BCUT2D eigenvalue weighted by atomic mass is 10.2. The molecule has 0 fully saturated rings. The van der Waals surface area contributed by atoms with Gasteiger partial charge in [-0.2, -0.15) is 5.10 Å². The Morgan fingerprint density at radius 2 is 2.04 bits per heavy atom. The van der Waals surface area contributed by atoms with Gasteiger partial charge in [0.05, 0.1) is 13.1 Å². The third kappa shape index (κ3) is 3.98. The molecule has 0 saturated heterocycles. The summed E-state index contributed by atoms with van der Waals surface area (Å²) in [6, 6.07) is 11.6. The van der Waals surface area contributed by atoms with E-state index in [1.165, 1.54) is 0 Å². The number of rotatable bonds is 6. The summed E-state index contributed by atoms with van der Waals surface area (Å²) in [5.41, 5.74) is 1.87. The summed E-state index contributed by atoms with van der Waals surface area (Å²) in [5, 5.41) is 19.2. The minimum Gasteiger partial charge on any atom is -0.357 e. The molecule has 2 N–H and O–H groups in total. The van der Waals surface area contributed by atoms with Crippen molar-refractivity contribution < 1.29 is 0 Å². The number of aromatic nitrogens is 6. The van der Waals surface area contributed by atoms with Crippen molar-refractivity contribution in [3.63, 3.8) is 0 Å². The maximum absolute atomic E-state index is 4.67. The second-order valence-electron chi connectivity index (χ2n) is 6.07. The first-order valence-electron chi connectivity index (χ1n) is 9.09. The first-order valence-corrected chi connectivity index (χ1v) is 9.09. The molecule has 9 nitrogen and oxygen atoms in total. The van der Waals surface area contributed by atoms with Crippen molar-refractivity contribution in [1.29, 1.82) is 0 Å². The Bertz CT molecular complexity index is 1070. The molecule has 0 amide bonds. The largest absolute Gasteiger partial charge is 0.357 e. The van der Waals surface area contributed by atoms with Gasteiger partial charge in [0.15, 0.2) is 23.2 Å². The highest BCUT2D eigenvalue weighted by molar-refractivity contribution is 5.79. The second kappa shape index (κ2) is 8.30. The summed E-state index contributed by atoms with van der Waals surface area (Å²) in [6.45, 7) is 3.84. The summed E-state index contributed by atoms with van der Waals surface area (Å²) in [5.74, 6) is 2.31. The van der Waals surface area contributed by atoms with Gasteiger partial charge < -0.3 is 10.6 Å². The highest BCUT2D eigenvalue weighted by Crippen LogP contribution is 2.07. The van der Waals surface area contributed by atoms with E-state index in [1.807, 2.05) is 60.1 Å². The van der Waals surface area contributed by atoms with Crippen molar-refractivity contribution in [2.45, 2.75) is 20.0 Å². The zero-order valence-electron chi connectivity index (χ0n) is 15.5. The number of pyridine rings is 2. The molecule has 0 aliphatic rings. The molecule has 0 spiro atoms. The van der Waals surface area contributed by atoms with Crippen LogP contribution in [0.4, 0.5) is 0 Å². The topological polar surface area (TPSA) is 97.3 Å². The molecular weight excluding hydrogens is 354 g/mol. The second-order valence-corrected chi connectivity index (χ2v) is 6.07. The van der Waals surface area contributed by atoms with Crippen molar-refractivity contribution in [2.24, 2.45) is 4.99 Å². The third-order valence-electron chi connectivity index (χ3n) is 4.11. The Morgan fingerprint density at radius 1 is 1.07 bits per heavy atom. The van der Waals surface area contributed by atoms with Crippen molar-refractivity contribution in [1.82, 2.24) is 40.0 Å². The average molecular weight is 375 g/mol.